The van der Waals surface area contributed by atoms with Crippen LogP contribution in [0.1, 0.15) is 37.8 Å². The number of hydrogen-bond donors (Lipinski definition) is 0. The van der Waals surface area contributed by atoms with Crippen LogP contribution in [0.25, 0.3) is 10.8 Å². The third kappa shape index (κ3) is 5.49. The molecule has 0 N–H and O–H groups in total. The molecule has 2 unspecified atom stereocenters. The topological polar surface area (TPSA) is 71.1 Å². The molecule has 0 fully saturated rings. The summed E-state index contributed by atoms with van der Waals surface area (Å²) in [6.07, 6.45) is 5.37. The van der Waals surface area contributed by atoms with Crippen LogP contribution in [-0.4, -0.2) is 37.4 Å². The molecule has 6 heteroatoms. The van der Waals surface area contributed by atoms with Crippen LogP contribution < -0.4 is 9.47 Å². The van der Waals surface area contributed by atoms with Crippen LogP contribution in [0.2, 0.25) is 0 Å². The third-order valence-electron chi connectivity index (χ3n) is 5.33. The highest BCUT2D eigenvalue weighted by atomic mass is 16.6. The molecule has 0 aliphatic heterocycles. The van der Waals surface area contributed by atoms with E-state index in [2.05, 4.69) is 13.2 Å². The van der Waals surface area contributed by atoms with E-state index in [1.807, 2.05) is 24.3 Å². The fourth-order valence-electron chi connectivity index (χ4n) is 3.90. The van der Waals surface area contributed by atoms with Crippen LogP contribution in [0, 0.1) is 0 Å². The van der Waals surface area contributed by atoms with Gasteiger partial charge in [0.1, 0.15) is 36.9 Å². The van der Waals surface area contributed by atoms with Gasteiger partial charge >= 0.3 is 11.9 Å². The van der Waals surface area contributed by atoms with Crippen molar-refractivity contribution in [3.8, 4) is 11.5 Å². The number of hydrogen-bond acceptors (Lipinski definition) is 6. The van der Waals surface area contributed by atoms with Gasteiger partial charge in [-0.05, 0) is 39.5 Å². The Morgan fingerprint density at radius 1 is 0.844 bits per heavy atom. The average molecular weight is 439 g/mol. The zero-order valence-electron chi connectivity index (χ0n) is 18.7. The number of carbonyl (C=O) groups is 2. The van der Waals surface area contributed by atoms with Crippen molar-refractivity contribution < 1.29 is 28.5 Å². The lowest BCUT2D eigenvalue weighted by Crippen LogP contribution is -2.23. The van der Waals surface area contributed by atoms with E-state index in [0.29, 0.717) is 0 Å². The Morgan fingerprint density at radius 3 is 1.62 bits per heavy atom. The summed E-state index contributed by atoms with van der Waals surface area (Å²) in [5.41, 5.74) is 2.26. The van der Waals surface area contributed by atoms with Crippen molar-refractivity contribution in [3.63, 3.8) is 0 Å². The lowest BCUT2D eigenvalue weighted by molar-refractivity contribution is -0.144. The van der Waals surface area contributed by atoms with E-state index in [4.69, 9.17) is 18.9 Å². The maximum absolute atomic E-state index is 11.5. The van der Waals surface area contributed by atoms with Gasteiger partial charge in [-0.3, -0.25) is 0 Å². The molecule has 2 atom stereocenters. The summed E-state index contributed by atoms with van der Waals surface area (Å²) in [7, 11) is 0. The standard InChI is InChI=1S/C26H30O6/c1-5-23(27)31-17(3)15-29-25-19-11-7-9-13-21(19)26(22-14-10-8-12-20(22)25)30-16-18(4)32-24(28)6-2/h5-7,9,11,13,17-18H,1-2,8,10,12,14-16H2,3-4H3. The van der Waals surface area contributed by atoms with Crippen molar-refractivity contribution in [2.75, 3.05) is 13.2 Å². The highest BCUT2D eigenvalue weighted by molar-refractivity contribution is 5.96. The average Bonchev–Trinajstić information content (AvgIpc) is 2.80. The molecule has 0 saturated carbocycles. The first-order chi connectivity index (χ1) is 15.4. The summed E-state index contributed by atoms with van der Waals surface area (Å²) >= 11 is 0. The predicted octanol–water partition coefficient (Wildman–Crippen LogP) is 4.71. The molecular weight excluding hydrogens is 408 g/mol. The van der Waals surface area contributed by atoms with E-state index in [9.17, 15) is 9.59 Å². The molecule has 0 aromatic heterocycles. The van der Waals surface area contributed by atoms with Crippen LogP contribution in [0.4, 0.5) is 0 Å². The van der Waals surface area contributed by atoms with Gasteiger partial charge in [-0.2, -0.15) is 0 Å². The van der Waals surface area contributed by atoms with Crippen LogP contribution in [0.5, 0.6) is 11.5 Å². The fourth-order valence-corrected chi connectivity index (χ4v) is 3.90. The quantitative estimate of drug-likeness (QED) is 0.395. The minimum Gasteiger partial charge on any atom is -0.489 e. The molecule has 0 amide bonds. The maximum atomic E-state index is 11.5. The van der Waals surface area contributed by atoms with E-state index >= 15 is 0 Å². The van der Waals surface area contributed by atoms with Crippen molar-refractivity contribution in [1.82, 2.24) is 0 Å². The molecule has 0 spiro atoms. The molecule has 2 aromatic rings. The molecule has 0 bridgehead atoms. The second kappa shape index (κ2) is 10.8. The molecule has 2 aromatic carbocycles. The zero-order chi connectivity index (χ0) is 23.1. The molecule has 6 nitrogen and oxygen atoms in total. The van der Waals surface area contributed by atoms with Crippen LogP contribution in [0.15, 0.2) is 49.6 Å². The van der Waals surface area contributed by atoms with Gasteiger partial charge in [0, 0.05) is 34.1 Å². The zero-order valence-corrected chi connectivity index (χ0v) is 18.7. The molecular formula is C26H30O6. The second-order valence-corrected chi connectivity index (χ2v) is 7.89. The molecule has 170 valence electrons. The van der Waals surface area contributed by atoms with Crippen LogP contribution >= 0.6 is 0 Å². The molecule has 3 rings (SSSR count). The van der Waals surface area contributed by atoms with E-state index < -0.39 is 24.1 Å². The highest BCUT2D eigenvalue weighted by Gasteiger charge is 2.25. The monoisotopic (exact) mass is 438 g/mol. The van der Waals surface area contributed by atoms with Crippen LogP contribution in [0.3, 0.4) is 0 Å². The normalized spacial score (nSPS) is 14.6. The predicted molar refractivity (Wildman–Crippen MR) is 123 cm³/mol. The van der Waals surface area contributed by atoms with Crippen molar-refractivity contribution in [1.29, 1.82) is 0 Å². The number of fused-ring (bicyclic) bond motifs is 2. The largest absolute Gasteiger partial charge is 0.489 e. The Labute approximate surface area is 188 Å². The molecule has 0 radical (unpaired) electrons. The Bertz CT molecular complexity index is 929. The molecule has 0 heterocycles. The first-order valence-electron chi connectivity index (χ1n) is 10.9. The first kappa shape index (κ1) is 23.4. The van der Waals surface area contributed by atoms with Crippen molar-refractivity contribution in [3.05, 3.63) is 60.7 Å². The number of ether oxygens (including phenoxy) is 4. The number of esters is 2. The second-order valence-electron chi connectivity index (χ2n) is 7.89. The minimum absolute atomic E-state index is 0.241. The smallest absolute Gasteiger partial charge is 0.330 e. The number of carbonyl (C=O) groups excluding carboxylic acids is 2. The van der Waals surface area contributed by atoms with Gasteiger partial charge in [-0.1, -0.05) is 37.4 Å². The first-order valence-corrected chi connectivity index (χ1v) is 10.9. The van der Waals surface area contributed by atoms with Gasteiger partial charge < -0.3 is 18.9 Å². The van der Waals surface area contributed by atoms with Gasteiger partial charge in [0.05, 0.1) is 0 Å². The summed E-state index contributed by atoms with van der Waals surface area (Å²) in [4.78, 5) is 23.0. The summed E-state index contributed by atoms with van der Waals surface area (Å²) in [6, 6.07) is 7.94. The summed E-state index contributed by atoms with van der Waals surface area (Å²) in [5, 5.41) is 1.89. The lowest BCUT2D eigenvalue weighted by Gasteiger charge is -2.26. The molecule has 0 saturated heterocycles. The Balaban J connectivity index is 1.92. The van der Waals surface area contributed by atoms with Gasteiger partial charge in [0.25, 0.3) is 0 Å². The Morgan fingerprint density at radius 2 is 1.25 bits per heavy atom. The SMILES string of the molecule is C=CC(=O)OC(C)COc1c2c(c(OCC(C)OC(=O)C=C)c3ccccc13)CCCC2. The lowest BCUT2D eigenvalue weighted by atomic mass is 9.87. The van der Waals surface area contributed by atoms with E-state index in [1.165, 1.54) is 0 Å². The van der Waals surface area contributed by atoms with Crippen molar-refractivity contribution in [2.45, 2.75) is 51.7 Å². The number of benzene rings is 2. The van der Waals surface area contributed by atoms with Crippen LogP contribution in [-0.2, 0) is 31.9 Å². The van der Waals surface area contributed by atoms with Gasteiger partial charge in [-0.25, -0.2) is 9.59 Å². The van der Waals surface area contributed by atoms with Crippen molar-refractivity contribution in [2.24, 2.45) is 0 Å². The molecule has 1 aliphatic rings. The third-order valence-corrected chi connectivity index (χ3v) is 5.33. The summed E-state index contributed by atoms with van der Waals surface area (Å²) in [6.45, 7) is 10.9. The Hall–Kier alpha value is -3.28. The van der Waals surface area contributed by atoms with E-state index in [-0.39, 0.29) is 13.2 Å². The van der Waals surface area contributed by atoms with Crippen molar-refractivity contribution >= 4 is 22.7 Å². The van der Waals surface area contributed by atoms with Gasteiger partial charge in [0.15, 0.2) is 0 Å². The van der Waals surface area contributed by atoms with E-state index in [1.54, 1.807) is 13.8 Å². The molecule has 1 aliphatic carbocycles. The highest BCUT2D eigenvalue weighted by Crippen LogP contribution is 2.44. The number of rotatable bonds is 10. The summed E-state index contributed by atoms with van der Waals surface area (Å²) < 4.78 is 23.0. The Kier molecular flexibility index (Phi) is 7.92. The summed E-state index contributed by atoms with van der Waals surface area (Å²) in [5.74, 6) is 0.691. The fraction of sp³-hybridized carbons (Fsp3) is 0.385. The maximum Gasteiger partial charge on any atom is 0.330 e. The molecule has 32 heavy (non-hydrogen) atoms. The van der Waals surface area contributed by atoms with Gasteiger partial charge in [0.2, 0.25) is 0 Å². The minimum atomic E-state index is -0.469. The van der Waals surface area contributed by atoms with Gasteiger partial charge in [-0.15, -0.1) is 0 Å². The van der Waals surface area contributed by atoms with E-state index in [0.717, 1.165) is 71.2 Å².